The third kappa shape index (κ3) is 3.11. The first-order valence-electron chi connectivity index (χ1n) is 5.39. The van der Waals surface area contributed by atoms with Crippen LogP contribution in [-0.4, -0.2) is 23.8 Å². The monoisotopic (exact) mass is 223 g/mol. The second kappa shape index (κ2) is 5.37. The number of thioether (sulfide) groups is 1. The van der Waals surface area contributed by atoms with Crippen molar-refractivity contribution >= 4 is 17.4 Å². The number of aromatic nitrogens is 1. The molecule has 0 saturated carbocycles. The first-order chi connectivity index (χ1) is 7.36. The molecule has 0 atom stereocenters. The molecule has 1 fully saturated rings. The van der Waals surface area contributed by atoms with Gasteiger partial charge in [0.05, 0.1) is 11.9 Å². The van der Waals surface area contributed by atoms with Crippen LogP contribution in [0.15, 0.2) is 23.4 Å². The minimum atomic E-state index is 0.802. The number of pyridine rings is 1. The molecule has 0 bridgehead atoms. The highest BCUT2D eigenvalue weighted by Gasteiger charge is 2.13. The minimum Gasteiger partial charge on any atom is -0.397 e. The molecule has 1 aliphatic heterocycles. The van der Waals surface area contributed by atoms with Gasteiger partial charge in [-0.1, -0.05) is 0 Å². The maximum Gasteiger partial charge on any atom is 0.0638 e. The van der Waals surface area contributed by atoms with E-state index in [9.17, 15) is 0 Å². The number of anilines is 1. The number of rotatable bonds is 3. The van der Waals surface area contributed by atoms with E-state index in [0.29, 0.717) is 0 Å². The van der Waals surface area contributed by atoms with Crippen molar-refractivity contribution in [3.05, 3.63) is 18.5 Å². The van der Waals surface area contributed by atoms with Crippen LogP contribution >= 0.6 is 11.8 Å². The molecule has 0 spiro atoms. The van der Waals surface area contributed by atoms with Gasteiger partial charge in [-0.2, -0.15) is 0 Å². The van der Waals surface area contributed by atoms with Crippen molar-refractivity contribution < 1.29 is 0 Å². The second-order valence-corrected chi connectivity index (χ2v) is 4.98. The molecule has 3 nitrogen and oxygen atoms in total. The molecule has 0 aliphatic carbocycles. The molecule has 0 unspecified atom stereocenters. The lowest BCUT2D eigenvalue weighted by molar-refractivity contribution is 0.408. The Morgan fingerprint density at radius 1 is 1.47 bits per heavy atom. The topological polar surface area (TPSA) is 50.9 Å². The van der Waals surface area contributed by atoms with Gasteiger partial charge in [0, 0.05) is 16.8 Å². The van der Waals surface area contributed by atoms with E-state index in [1.54, 1.807) is 12.4 Å². The van der Waals surface area contributed by atoms with Crippen molar-refractivity contribution in [2.45, 2.75) is 17.7 Å². The Balaban J connectivity index is 1.84. The van der Waals surface area contributed by atoms with Crippen molar-refractivity contribution in [2.75, 3.05) is 24.6 Å². The zero-order valence-corrected chi connectivity index (χ0v) is 9.59. The summed E-state index contributed by atoms with van der Waals surface area (Å²) in [4.78, 5) is 5.16. The van der Waals surface area contributed by atoms with Gasteiger partial charge in [-0.05, 0) is 37.9 Å². The van der Waals surface area contributed by atoms with Gasteiger partial charge in [0.15, 0.2) is 0 Å². The van der Waals surface area contributed by atoms with E-state index in [2.05, 4.69) is 10.3 Å². The summed E-state index contributed by atoms with van der Waals surface area (Å²) in [6.45, 7) is 2.33. The third-order valence-corrected chi connectivity index (χ3v) is 4.06. The van der Waals surface area contributed by atoms with E-state index in [1.165, 1.54) is 23.5 Å². The van der Waals surface area contributed by atoms with Gasteiger partial charge >= 0.3 is 0 Å². The fourth-order valence-corrected chi connectivity index (χ4v) is 2.91. The van der Waals surface area contributed by atoms with Crippen molar-refractivity contribution in [3.8, 4) is 0 Å². The van der Waals surface area contributed by atoms with Crippen molar-refractivity contribution in [1.29, 1.82) is 0 Å². The minimum absolute atomic E-state index is 0.802. The zero-order valence-electron chi connectivity index (χ0n) is 8.78. The van der Waals surface area contributed by atoms with Crippen molar-refractivity contribution in [1.82, 2.24) is 10.3 Å². The van der Waals surface area contributed by atoms with Crippen LogP contribution < -0.4 is 11.1 Å². The lowest BCUT2D eigenvalue weighted by atomic mass is 10.0. The Labute approximate surface area is 94.8 Å². The summed E-state index contributed by atoms with van der Waals surface area (Å²) in [5.41, 5.74) is 6.64. The molecule has 2 rings (SSSR count). The molecule has 2 heterocycles. The van der Waals surface area contributed by atoms with Crippen LogP contribution in [0.2, 0.25) is 0 Å². The van der Waals surface area contributed by atoms with Crippen LogP contribution in [-0.2, 0) is 0 Å². The maximum atomic E-state index is 5.84. The number of nitrogens with one attached hydrogen (secondary N) is 1. The molecule has 1 aromatic rings. The number of hydrogen-bond acceptors (Lipinski definition) is 4. The number of piperidine rings is 1. The molecule has 1 saturated heterocycles. The molecular weight excluding hydrogens is 206 g/mol. The fraction of sp³-hybridized carbons (Fsp3) is 0.545. The van der Waals surface area contributed by atoms with Crippen LogP contribution in [0.1, 0.15) is 12.8 Å². The summed E-state index contributed by atoms with van der Waals surface area (Å²) >= 11 is 1.86. The average Bonchev–Trinajstić information content (AvgIpc) is 2.29. The Morgan fingerprint density at radius 3 is 3.00 bits per heavy atom. The number of nitrogen functional groups attached to an aromatic ring is 1. The highest BCUT2D eigenvalue weighted by molar-refractivity contribution is 7.99. The normalized spacial score (nSPS) is 17.9. The summed E-state index contributed by atoms with van der Waals surface area (Å²) in [5.74, 6) is 2.01. The van der Waals surface area contributed by atoms with E-state index < -0.39 is 0 Å². The Hall–Kier alpha value is -0.740. The summed E-state index contributed by atoms with van der Waals surface area (Å²) in [6, 6.07) is 2.00. The third-order valence-electron chi connectivity index (χ3n) is 2.74. The van der Waals surface area contributed by atoms with Gasteiger partial charge in [-0.25, -0.2) is 0 Å². The van der Waals surface area contributed by atoms with Crippen LogP contribution in [0.3, 0.4) is 0 Å². The van der Waals surface area contributed by atoms with Crippen LogP contribution in [0.5, 0.6) is 0 Å². The predicted octanol–water partition coefficient (Wildman–Crippen LogP) is 1.76. The van der Waals surface area contributed by atoms with Gasteiger partial charge in [-0.3, -0.25) is 4.98 Å². The van der Waals surface area contributed by atoms with E-state index in [4.69, 9.17) is 5.73 Å². The van der Waals surface area contributed by atoms with E-state index in [1.807, 2.05) is 17.8 Å². The molecule has 15 heavy (non-hydrogen) atoms. The molecule has 82 valence electrons. The summed E-state index contributed by atoms with van der Waals surface area (Å²) in [7, 11) is 0. The van der Waals surface area contributed by atoms with Gasteiger partial charge in [0.25, 0.3) is 0 Å². The van der Waals surface area contributed by atoms with Gasteiger partial charge < -0.3 is 11.1 Å². The molecule has 0 aromatic carbocycles. The smallest absolute Gasteiger partial charge is 0.0638 e. The van der Waals surface area contributed by atoms with E-state index in [0.717, 1.165) is 24.7 Å². The van der Waals surface area contributed by atoms with Crippen LogP contribution in [0, 0.1) is 5.92 Å². The lowest BCUT2D eigenvalue weighted by Gasteiger charge is -2.22. The number of nitrogens with zero attached hydrogens (tertiary/aromatic N) is 1. The number of hydrogen-bond donors (Lipinski definition) is 2. The molecule has 1 aromatic heterocycles. The molecule has 0 radical (unpaired) electrons. The fourth-order valence-electron chi connectivity index (χ4n) is 1.78. The highest BCUT2D eigenvalue weighted by Crippen LogP contribution is 2.27. The first kappa shape index (κ1) is 10.8. The van der Waals surface area contributed by atoms with E-state index >= 15 is 0 Å². The van der Waals surface area contributed by atoms with Crippen molar-refractivity contribution in [3.63, 3.8) is 0 Å². The molecule has 0 amide bonds. The second-order valence-electron chi connectivity index (χ2n) is 3.92. The van der Waals surface area contributed by atoms with Gasteiger partial charge in [0.1, 0.15) is 0 Å². The summed E-state index contributed by atoms with van der Waals surface area (Å²) < 4.78 is 0. The molecule has 1 aliphatic rings. The molecule has 3 N–H and O–H groups in total. The first-order valence-corrected chi connectivity index (χ1v) is 6.38. The Kier molecular flexibility index (Phi) is 3.86. The molecular formula is C11H17N3S. The van der Waals surface area contributed by atoms with Gasteiger partial charge in [-0.15, -0.1) is 11.8 Å². The standard InChI is InChI=1S/C11H17N3S/c12-10-7-14-6-3-11(10)15-8-9-1-4-13-5-2-9/h3,6-7,9,13H,1-2,4-5,8,12H2. The SMILES string of the molecule is Nc1cnccc1SCC1CCNCC1. The van der Waals surface area contributed by atoms with Crippen LogP contribution in [0.4, 0.5) is 5.69 Å². The van der Waals surface area contributed by atoms with Crippen LogP contribution in [0.25, 0.3) is 0 Å². The highest BCUT2D eigenvalue weighted by atomic mass is 32.2. The predicted molar refractivity (Wildman–Crippen MR) is 65.0 cm³/mol. The maximum absolute atomic E-state index is 5.84. The van der Waals surface area contributed by atoms with E-state index in [-0.39, 0.29) is 0 Å². The van der Waals surface area contributed by atoms with Gasteiger partial charge in [0.2, 0.25) is 0 Å². The average molecular weight is 223 g/mol. The zero-order chi connectivity index (χ0) is 10.5. The lowest BCUT2D eigenvalue weighted by Crippen LogP contribution is -2.28. The largest absolute Gasteiger partial charge is 0.397 e. The van der Waals surface area contributed by atoms with Crippen molar-refractivity contribution in [2.24, 2.45) is 5.92 Å². The number of nitrogens with two attached hydrogens (primary N) is 1. The quantitative estimate of drug-likeness (QED) is 0.767. The summed E-state index contributed by atoms with van der Waals surface area (Å²) in [5, 5.41) is 3.38. The molecule has 4 heteroatoms. The Bertz CT molecular complexity index is 310. The summed E-state index contributed by atoms with van der Waals surface area (Å²) in [6.07, 6.45) is 6.11. The Morgan fingerprint density at radius 2 is 2.27 bits per heavy atom.